The van der Waals surface area contributed by atoms with Crippen molar-refractivity contribution in [2.24, 2.45) is 5.16 Å². The molecule has 0 bridgehead atoms. The van der Waals surface area contributed by atoms with Crippen LogP contribution in [-0.4, -0.2) is 11.4 Å². The molecule has 0 saturated heterocycles. The smallest absolute Gasteiger partial charge is 0.149 e. The van der Waals surface area contributed by atoms with Crippen LogP contribution in [0.1, 0.15) is 5.76 Å². The Kier molecular flexibility index (Phi) is 3.31. The molecule has 0 spiro atoms. The van der Waals surface area contributed by atoms with E-state index < -0.39 is 0 Å². The number of nitrogens with zero attached hydrogens (tertiary/aromatic N) is 1. The molecular weight excluding hydrogens is 293 g/mol. The molecule has 16 heavy (non-hydrogen) atoms. The van der Waals surface area contributed by atoms with Gasteiger partial charge in [-0.2, -0.15) is 0 Å². The maximum Gasteiger partial charge on any atom is 0.149 e. The standard InChI is InChI=1S/C11H7BrClNO2/c12-10-5-7(13)1-3-9(10)11-4-2-8(16-11)6-14-15/h1-6,15H/b14-6+. The summed E-state index contributed by atoms with van der Waals surface area (Å²) in [5.41, 5.74) is 0.891. The zero-order valence-electron chi connectivity index (χ0n) is 8.02. The molecule has 2 rings (SSSR count). The van der Waals surface area contributed by atoms with Gasteiger partial charge in [-0.3, -0.25) is 0 Å². The Morgan fingerprint density at radius 3 is 2.81 bits per heavy atom. The van der Waals surface area contributed by atoms with Gasteiger partial charge in [0.15, 0.2) is 0 Å². The third kappa shape index (κ3) is 2.28. The lowest BCUT2D eigenvalue weighted by Gasteiger charge is -2.00. The van der Waals surface area contributed by atoms with Gasteiger partial charge in [0.1, 0.15) is 17.7 Å². The topological polar surface area (TPSA) is 45.7 Å². The van der Waals surface area contributed by atoms with Crippen molar-refractivity contribution < 1.29 is 9.62 Å². The fraction of sp³-hybridized carbons (Fsp3) is 0. The van der Waals surface area contributed by atoms with Crippen molar-refractivity contribution >= 4 is 33.7 Å². The minimum absolute atomic E-state index is 0.486. The lowest BCUT2D eigenvalue weighted by atomic mass is 10.2. The summed E-state index contributed by atoms with van der Waals surface area (Å²) in [7, 11) is 0. The third-order valence-electron chi connectivity index (χ3n) is 2.01. The molecule has 0 saturated carbocycles. The summed E-state index contributed by atoms with van der Waals surface area (Å²) in [5, 5.41) is 11.9. The molecule has 82 valence electrons. The second kappa shape index (κ2) is 4.72. The van der Waals surface area contributed by atoms with Crippen molar-refractivity contribution in [1.82, 2.24) is 0 Å². The first-order valence-electron chi connectivity index (χ1n) is 4.43. The van der Waals surface area contributed by atoms with Gasteiger partial charge in [-0.05, 0) is 46.3 Å². The van der Waals surface area contributed by atoms with Crippen molar-refractivity contribution in [3.8, 4) is 11.3 Å². The van der Waals surface area contributed by atoms with E-state index in [0.717, 1.165) is 10.0 Å². The van der Waals surface area contributed by atoms with Crippen molar-refractivity contribution in [2.75, 3.05) is 0 Å². The molecule has 0 amide bonds. The summed E-state index contributed by atoms with van der Waals surface area (Å²) in [5.74, 6) is 1.16. The molecule has 0 aliphatic carbocycles. The largest absolute Gasteiger partial charge is 0.455 e. The number of hydrogen-bond acceptors (Lipinski definition) is 3. The zero-order chi connectivity index (χ0) is 11.5. The van der Waals surface area contributed by atoms with E-state index >= 15 is 0 Å². The van der Waals surface area contributed by atoms with Crippen molar-refractivity contribution in [3.05, 3.63) is 45.6 Å². The average molecular weight is 301 g/mol. The molecule has 1 aromatic carbocycles. The SMILES string of the molecule is O/N=C/c1ccc(-c2ccc(Cl)cc2Br)o1. The molecule has 0 aliphatic rings. The Bertz CT molecular complexity index is 537. The average Bonchev–Trinajstić information content (AvgIpc) is 2.67. The molecule has 0 unspecified atom stereocenters. The fourth-order valence-electron chi connectivity index (χ4n) is 1.31. The maximum absolute atomic E-state index is 8.37. The first-order chi connectivity index (χ1) is 7.70. The van der Waals surface area contributed by atoms with Gasteiger partial charge in [0.05, 0.1) is 0 Å². The van der Waals surface area contributed by atoms with Gasteiger partial charge in [0.2, 0.25) is 0 Å². The third-order valence-corrected chi connectivity index (χ3v) is 2.90. The lowest BCUT2D eigenvalue weighted by molar-refractivity contribution is 0.321. The number of hydrogen-bond donors (Lipinski definition) is 1. The molecule has 0 fully saturated rings. The second-order valence-corrected chi connectivity index (χ2v) is 4.36. The molecule has 1 N–H and O–H groups in total. The van der Waals surface area contributed by atoms with Gasteiger partial charge in [-0.25, -0.2) is 0 Å². The van der Waals surface area contributed by atoms with Crippen molar-refractivity contribution in [3.63, 3.8) is 0 Å². The van der Waals surface area contributed by atoms with E-state index in [4.69, 9.17) is 21.2 Å². The molecule has 2 aromatic rings. The fourth-order valence-corrected chi connectivity index (χ4v) is 2.19. The molecule has 5 heteroatoms. The van der Waals surface area contributed by atoms with Crippen LogP contribution in [-0.2, 0) is 0 Å². The number of oxime groups is 1. The molecule has 1 heterocycles. The van der Waals surface area contributed by atoms with Crippen LogP contribution in [0.15, 0.2) is 44.4 Å². The van der Waals surface area contributed by atoms with Crippen LogP contribution >= 0.6 is 27.5 Å². The highest BCUT2D eigenvalue weighted by Crippen LogP contribution is 2.31. The van der Waals surface area contributed by atoms with E-state index in [9.17, 15) is 0 Å². The van der Waals surface area contributed by atoms with Crippen LogP contribution in [0, 0.1) is 0 Å². The highest BCUT2D eigenvalue weighted by atomic mass is 79.9. The Balaban J connectivity index is 2.42. The number of rotatable bonds is 2. The summed E-state index contributed by atoms with van der Waals surface area (Å²) < 4.78 is 6.30. The lowest BCUT2D eigenvalue weighted by Crippen LogP contribution is -1.77. The van der Waals surface area contributed by atoms with E-state index in [2.05, 4.69) is 21.1 Å². The van der Waals surface area contributed by atoms with Gasteiger partial charge in [-0.1, -0.05) is 16.8 Å². The van der Waals surface area contributed by atoms with Gasteiger partial charge in [-0.15, -0.1) is 0 Å². The van der Waals surface area contributed by atoms with Crippen LogP contribution < -0.4 is 0 Å². The number of furan rings is 1. The van der Waals surface area contributed by atoms with Gasteiger partial charge in [0, 0.05) is 15.1 Å². The summed E-state index contributed by atoms with van der Waals surface area (Å²) in [4.78, 5) is 0. The van der Waals surface area contributed by atoms with E-state index in [1.54, 1.807) is 24.3 Å². The molecule has 3 nitrogen and oxygen atoms in total. The summed E-state index contributed by atoms with van der Waals surface area (Å²) in [6.45, 7) is 0. The molecule has 0 radical (unpaired) electrons. The van der Waals surface area contributed by atoms with Crippen molar-refractivity contribution in [1.29, 1.82) is 0 Å². The second-order valence-electron chi connectivity index (χ2n) is 3.07. The first-order valence-corrected chi connectivity index (χ1v) is 5.60. The van der Waals surface area contributed by atoms with Gasteiger partial charge in [0.25, 0.3) is 0 Å². The highest BCUT2D eigenvalue weighted by molar-refractivity contribution is 9.10. The monoisotopic (exact) mass is 299 g/mol. The molecular formula is C11H7BrClNO2. The summed E-state index contributed by atoms with van der Waals surface area (Å²) in [6, 6.07) is 8.94. The normalized spacial score (nSPS) is 11.1. The van der Waals surface area contributed by atoms with E-state index in [-0.39, 0.29) is 0 Å². The van der Waals surface area contributed by atoms with E-state index in [1.807, 2.05) is 6.07 Å². The van der Waals surface area contributed by atoms with E-state index in [1.165, 1.54) is 6.21 Å². The minimum Gasteiger partial charge on any atom is -0.455 e. The number of benzene rings is 1. The quantitative estimate of drug-likeness (QED) is 0.514. The van der Waals surface area contributed by atoms with Crippen molar-refractivity contribution in [2.45, 2.75) is 0 Å². The minimum atomic E-state index is 0.486. The van der Waals surface area contributed by atoms with Crippen LogP contribution in [0.4, 0.5) is 0 Å². The van der Waals surface area contributed by atoms with E-state index in [0.29, 0.717) is 16.5 Å². The highest BCUT2D eigenvalue weighted by Gasteiger charge is 2.07. The summed E-state index contributed by atoms with van der Waals surface area (Å²) >= 11 is 9.25. The predicted molar refractivity (Wildman–Crippen MR) is 66.2 cm³/mol. The predicted octanol–water partition coefficient (Wildman–Crippen LogP) is 4.17. The Hall–Kier alpha value is -1.26. The molecule has 0 aliphatic heterocycles. The maximum atomic E-state index is 8.37. The molecule has 0 atom stereocenters. The van der Waals surface area contributed by atoms with Crippen LogP contribution in [0.5, 0.6) is 0 Å². The van der Waals surface area contributed by atoms with Crippen LogP contribution in [0.25, 0.3) is 11.3 Å². The van der Waals surface area contributed by atoms with Crippen LogP contribution in [0.3, 0.4) is 0 Å². The Morgan fingerprint density at radius 1 is 1.31 bits per heavy atom. The zero-order valence-corrected chi connectivity index (χ0v) is 10.4. The van der Waals surface area contributed by atoms with Crippen LogP contribution in [0.2, 0.25) is 5.02 Å². The first kappa shape index (κ1) is 11.2. The summed E-state index contributed by atoms with van der Waals surface area (Å²) in [6.07, 6.45) is 1.23. The van der Waals surface area contributed by atoms with Gasteiger partial charge >= 0.3 is 0 Å². The Morgan fingerprint density at radius 2 is 2.12 bits per heavy atom. The Labute approximate surface area is 105 Å². The van der Waals surface area contributed by atoms with Gasteiger partial charge < -0.3 is 9.62 Å². The number of halogens is 2. The molecule has 1 aromatic heterocycles.